The molecule has 0 fully saturated rings. The van der Waals surface area contributed by atoms with E-state index in [-0.39, 0.29) is 11.3 Å². The van der Waals surface area contributed by atoms with Crippen LogP contribution in [0.25, 0.3) is 0 Å². The number of benzene rings is 1. The Bertz CT molecular complexity index is 630. The molecule has 0 saturated heterocycles. The number of aryl methyl sites for hydroxylation is 1. The van der Waals surface area contributed by atoms with Crippen molar-refractivity contribution in [3.05, 3.63) is 58.9 Å². The number of halogens is 2. The smallest absolute Gasteiger partial charge is 0.183 e. The van der Waals surface area contributed by atoms with Crippen LogP contribution in [0, 0.1) is 29.9 Å². The Balaban J connectivity index is 2.14. The Labute approximate surface area is 109 Å². The fraction of sp³-hybridized carbons (Fsp3) is 0.143. The van der Waals surface area contributed by atoms with E-state index >= 15 is 0 Å². The first-order chi connectivity index (χ1) is 9.11. The molecule has 96 valence electrons. The minimum Gasteiger partial charge on any atom is -0.378 e. The zero-order valence-electron chi connectivity index (χ0n) is 10.2. The van der Waals surface area contributed by atoms with E-state index in [0.717, 1.165) is 11.3 Å². The molecule has 0 bridgehead atoms. The van der Waals surface area contributed by atoms with Crippen LogP contribution in [0.4, 0.5) is 14.5 Å². The minimum atomic E-state index is -1.13. The highest BCUT2D eigenvalue weighted by atomic mass is 19.2. The molecule has 0 spiro atoms. The molecule has 19 heavy (non-hydrogen) atoms. The molecule has 0 aliphatic rings. The molecule has 0 atom stereocenters. The van der Waals surface area contributed by atoms with Crippen LogP contribution in [0.3, 0.4) is 0 Å². The van der Waals surface area contributed by atoms with Gasteiger partial charge in [0.2, 0.25) is 0 Å². The molecule has 2 rings (SSSR count). The number of hydrogen-bond acceptors (Lipinski definition) is 3. The van der Waals surface area contributed by atoms with Crippen LogP contribution in [-0.4, -0.2) is 4.98 Å². The Kier molecular flexibility index (Phi) is 3.71. The van der Waals surface area contributed by atoms with Gasteiger partial charge in [0.05, 0.1) is 11.3 Å². The van der Waals surface area contributed by atoms with Gasteiger partial charge in [0, 0.05) is 18.4 Å². The van der Waals surface area contributed by atoms with Crippen LogP contribution in [0.5, 0.6) is 0 Å². The van der Waals surface area contributed by atoms with Gasteiger partial charge in [-0.05, 0) is 30.7 Å². The summed E-state index contributed by atoms with van der Waals surface area (Å²) in [6.07, 6.45) is 1.67. The maximum absolute atomic E-state index is 13.6. The number of pyridine rings is 1. The fourth-order valence-corrected chi connectivity index (χ4v) is 1.57. The van der Waals surface area contributed by atoms with Gasteiger partial charge in [0.15, 0.2) is 11.6 Å². The number of aromatic nitrogens is 1. The molecule has 0 aliphatic carbocycles. The van der Waals surface area contributed by atoms with Crippen molar-refractivity contribution in [3.8, 4) is 6.07 Å². The van der Waals surface area contributed by atoms with Gasteiger partial charge in [-0.15, -0.1) is 0 Å². The van der Waals surface area contributed by atoms with Gasteiger partial charge in [-0.25, -0.2) is 8.78 Å². The highest BCUT2D eigenvalue weighted by Crippen LogP contribution is 2.20. The van der Waals surface area contributed by atoms with E-state index in [1.807, 2.05) is 19.1 Å². The van der Waals surface area contributed by atoms with E-state index in [2.05, 4.69) is 10.3 Å². The van der Waals surface area contributed by atoms with Crippen molar-refractivity contribution in [1.82, 2.24) is 4.98 Å². The summed E-state index contributed by atoms with van der Waals surface area (Å²) in [6.45, 7) is 2.20. The van der Waals surface area contributed by atoms with E-state index in [1.165, 1.54) is 12.1 Å². The van der Waals surface area contributed by atoms with Crippen LogP contribution >= 0.6 is 0 Å². The van der Waals surface area contributed by atoms with Gasteiger partial charge in [0.1, 0.15) is 6.07 Å². The van der Waals surface area contributed by atoms with Crippen LogP contribution in [0.2, 0.25) is 0 Å². The Hall–Kier alpha value is -2.48. The molecule has 0 unspecified atom stereocenters. The van der Waals surface area contributed by atoms with Gasteiger partial charge in [-0.3, -0.25) is 4.98 Å². The molecular weight excluding hydrogens is 248 g/mol. The zero-order chi connectivity index (χ0) is 13.8. The Morgan fingerprint density at radius 1 is 1.21 bits per heavy atom. The average molecular weight is 259 g/mol. The maximum atomic E-state index is 13.6. The van der Waals surface area contributed by atoms with Gasteiger partial charge < -0.3 is 5.32 Å². The largest absolute Gasteiger partial charge is 0.378 e. The molecular formula is C14H11F2N3. The summed E-state index contributed by atoms with van der Waals surface area (Å²) in [5.41, 5.74) is 1.46. The molecule has 2 aromatic rings. The number of nitrogens with one attached hydrogen (secondary N) is 1. The van der Waals surface area contributed by atoms with Crippen molar-refractivity contribution in [3.63, 3.8) is 0 Å². The van der Waals surface area contributed by atoms with Crippen molar-refractivity contribution in [1.29, 1.82) is 5.26 Å². The lowest BCUT2D eigenvalue weighted by molar-refractivity contribution is 0.508. The zero-order valence-corrected chi connectivity index (χ0v) is 10.2. The van der Waals surface area contributed by atoms with E-state index in [9.17, 15) is 8.78 Å². The van der Waals surface area contributed by atoms with Crippen LogP contribution in [0.15, 0.2) is 30.5 Å². The van der Waals surface area contributed by atoms with Gasteiger partial charge in [-0.2, -0.15) is 5.26 Å². The van der Waals surface area contributed by atoms with Crippen molar-refractivity contribution in [2.45, 2.75) is 13.5 Å². The lowest BCUT2D eigenvalue weighted by Gasteiger charge is -2.08. The summed E-state index contributed by atoms with van der Waals surface area (Å²) in [7, 11) is 0. The van der Waals surface area contributed by atoms with E-state index < -0.39 is 11.6 Å². The fourth-order valence-electron chi connectivity index (χ4n) is 1.57. The summed E-state index contributed by atoms with van der Waals surface area (Å²) in [5, 5.41) is 11.4. The normalized spacial score (nSPS) is 10.0. The molecule has 0 saturated carbocycles. The van der Waals surface area contributed by atoms with Crippen LogP contribution < -0.4 is 5.32 Å². The van der Waals surface area contributed by atoms with Gasteiger partial charge in [-0.1, -0.05) is 6.07 Å². The summed E-state index contributed by atoms with van der Waals surface area (Å²) in [5.74, 6) is -2.17. The lowest BCUT2D eigenvalue weighted by atomic mass is 10.2. The molecule has 1 aromatic carbocycles. The van der Waals surface area contributed by atoms with E-state index in [0.29, 0.717) is 6.54 Å². The van der Waals surface area contributed by atoms with Crippen molar-refractivity contribution >= 4 is 5.69 Å². The quantitative estimate of drug-likeness (QED) is 0.921. The summed E-state index contributed by atoms with van der Waals surface area (Å²) in [6, 6.07) is 7.87. The standard InChI is InChI=1S/C14H11F2N3/c1-9-2-3-10(7-18-9)8-19-12-5-4-11(6-17)13(15)14(12)16/h2-5,7,19H,8H2,1H3. The molecule has 3 nitrogen and oxygen atoms in total. The second kappa shape index (κ2) is 5.44. The van der Waals surface area contributed by atoms with Crippen molar-refractivity contribution in [2.75, 3.05) is 5.32 Å². The minimum absolute atomic E-state index is 0.0251. The van der Waals surface area contributed by atoms with Crippen molar-refractivity contribution in [2.24, 2.45) is 0 Å². The van der Waals surface area contributed by atoms with Crippen LogP contribution in [0.1, 0.15) is 16.8 Å². The summed E-state index contributed by atoms with van der Waals surface area (Å²) >= 11 is 0. The van der Waals surface area contributed by atoms with Gasteiger partial charge in [0.25, 0.3) is 0 Å². The third kappa shape index (κ3) is 2.86. The van der Waals surface area contributed by atoms with E-state index in [1.54, 1.807) is 12.3 Å². The highest BCUT2D eigenvalue weighted by Gasteiger charge is 2.12. The maximum Gasteiger partial charge on any atom is 0.183 e. The molecule has 1 N–H and O–H groups in total. The number of nitriles is 1. The number of rotatable bonds is 3. The van der Waals surface area contributed by atoms with Crippen LogP contribution in [-0.2, 0) is 6.54 Å². The molecule has 0 amide bonds. The second-order valence-corrected chi connectivity index (χ2v) is 4.06. The predicted octanol–water partition coefficient (Wildman–Crippen LogP) is 3.15. The molecule has 1 heterocycles. The van der Waals surface area contributed by atoms with Crippen molar-refractivity contribution < 1.29 is 8.78 Å². The Morgan fingerprint density at radius 3 is 2.63 bits per heavy atom. The SMILES string of the molecule is Cc1ccc(CNc2ccc(C#N)c(F)c2F)cn1. The first-order valence-electron chi connectivity index (χ1n) is 5.65. The number of nitrogens with zero attached hydrogens (tertiary/aromatic N) is 2. The molecule has 0 aliphatic heterocycles. The van der Waals surface area contributed by atoms with Gasteiger partial charge >= 0.3 is 0 Å². The predicted molar refractivity (Wildman–Crippen MR) is 67.4 cm³/mol. The first-order valence-corrected chi connectivity index (χ1v) is 5.65. The Morgan fingerprint density at radius 2 is 2.00 bits per heavy atom. The topological polar surface area (TPSA) is 48.7 Å². The summed E-state index contributed by atoms with van der Waals surface area (Å²) in [4.78, 5) is 4.11. The number of hydrogen-bond donors (Lipinski definition) is 1. The number of anilines is 1. The third-order valence-electron chi connectivity index (χ3n) is 2.66. The molecule has 1 aromatic heterocycles. The lowest BCUT2D eigenvalue weighted by Crippen LogP contribution is -2.04. The second-order valence-electron chi connectivity index (χ2n) is 4.06. The molecule has 0 radical (unpaired) electrons. The van der Waals surface area contributed by atoms with E-state index in [4.69, 9.17) is 5.26 Å². The highest BCUT2D eigenvalue weighted by molar-refractivity contribution is 5.50. The monoisotopic (exact) mass is 259 g/mol. The third-order valence-corrected chi connectivity index (χ3v) is 2.66. The molecule has 5 heteroatoms. The summed E-state index contributed by atoms with van der Waals surface area (Å²) < 4.78 is 27.0. The average Bonchev–Trinajstić information content (AvgIpc) is 2.42. The first kappa shape index (κ1) is 13.0.